The Bertz CT molecular complexity index is 1160. The van der Waals surface area contributed by atoms with Gasteiger partial charge in [-0.15, -0.1) is 0 Å². The lowest BCUT2D eigenvalue weighted by molar-refractivity contribution is -0.140. The minimum atomic E-state index is -4.87. The number of hydrogen-bond donors (Lipinski definition) is 0. The van der Waals surface area contributed by atoms with E-state index in [1.807, 2.05) is 0 Å². The molecule has 0 amide bonds. The molecule has 146 valence electrons. The van der Waals surface area contributed by atoms with Gasteiger partial charge in [0.15, 0.2) is 0 Å². The van der Waals surface area contributed by atoms with E-state index in [0.29, 0.717) is 11.9 Å². The fourth-order valence-corrected chi connectivity index (χ4v) is 3.24. The molecule has 1 fully saturated rings. The number of rotatable bonds is 4. The van der Waals surface area contributed by atoms with Gasteiger partial charge in [-0.05, 0) is 38.0 Å². The van der Waals surface area contributed by atoms with E-state index in [-0.39, 0.29) is 35.0 Å². The molecular weight excluding hydrogens is 378 g/mol. The molecule has 2 heterocycles. The van der Waals surface area contributed by atoms with Gasteiger partial charge in [0.25, 0.3) is 5.56 Å². The Balaban J connectivity index is 1.99. The largest absolute Gasteiger partial charge is 0.419 e. The summed E-state index contributed by atoms with van der Waals surface area (Å²) in [5.74, 6) is -0.936. The van der Waals surface area contributed by atoms with E-state index in [1.165, 1.54) is 23.8 Å². The van der Waals surface area contributed by atoms with Gasteiger partial charge < -0.3 is 4.57 Å². The third-order valence-electron chi connectivity index (χ3n) is 4.68. The van der Waals surface area contributed by atoms with E-state index in [4.69, 9.17) is 0 Å². The first kappa shape index (κ1) is 18.4. The molecule has 1 aliphatic carbocycles. The summed E-state index contributed by atoms with van der Waals surface area (Å²) in [5.41, 5.74) is -1.83. The van der Waals surface area contributed by atoms with Crippen molar-refractivity contribution in [1.29, 1.82) is 0 Å². The zero-order valence-corrected chi connectivity index (χ0v) is 14.8. The van der Waals surface area contributed by atoms with Gasteiger partial charge in [0.05, 0.1) is 12.1 Å². The molecule has 28 heavy (non-hydrogen) atoms. The average molecular weight is 393 g/mol. The Kier molecular flexibility index (Phi) is 4.13. The Morgan fingerprint density at radius 2 is 1.96 bits per heavy atom. The molecule has 1 aromatic carbocycles. The van der Waals surface area contributed by atoms with Gasteiger partial charge in [-0.3, -0.25) is 14.0 Å². The lowest BCUT2D eigenvalue weighted by Crippen LogP contribution is -2.24. The van der Waals surface area contributed by atoms with Crippen LogP contribution in [0.1, 0.15) is 37.1 Å². The number of benzene rings is 1. The first-order valence-electron chi connectivity index (χ1n) is 8.64. The lowest BCUT2D eigenvalue weighted by Gasteiger charge is -2.09. The predicted octanol–water partition coefficient (Wildman–Crippen LogP) is 3.79. The number of aromatic nitrogens is 3. The summed E-state index contributed by atoms with van der Waals surface area (Å²) in [6.07, 6.45) is -0.0969. The van der Waals surface area contributed by atoms with Crippen molar-refractivity contribution in [1.82, 2.24) is 14.0 Å². The zero-order chi connectivity index (χ0) is 20.2. The van der Waals surface area contributed by atoms with E-state index in [0.717, 1.165) is 18.9 Å². The number of carbonyl (C=O) groups excluding carboxylic acids is 1. The highest BCUT2D eigenvalue weighted by Gasteiger charge is 2.35. The highest BCUT2D eigenvalue weighted by atomic mass is 19.4. The fourth-order valence-electron chi connectivity index (χ4n) is 3.24. The number of halogens is 4. The number of hydrogen-bond acceptors (Lipinski definition) is 3. The van der Waals surface area contributed by atoms with Crippen molar-refractivity contribution in [3.8, 4) is 11.3 Å². The molecule has 1 saturated carbocycles. The van der Waals surface area contributed by atoms with Crippen molar-refractivity contribution in [2.75, 3.05) is 0 Å². The molecule has 0 aliphatic heterocycles. The van der Waals surface area contributed by atoms with Crippen molar-refractivity contribution < 1.29 is 22.4 Å². The molecular formula is C19H15F4N3O2. The van der Waals surface area contributed by atoms with Crippen molar-refractivity contribution in [2.24, 2.45) is 0 Å². The number of Topliss-reactive ketones (excluding diaryl/α,β-unsaturated/α-hetero) is 1. The second-order valence-electron chi connectivity index (χ2n) is 6.94. The Hall–Kier alpha value is -2.97. The maximum absolute atomic E-state index is 13.7. The first-order chi connectivity index (χ1) is 13.2. The summed E-state index contributed by atoms with van der Waals surface area (Å²) in [5, 5.41) is 0. The van der Waals surface area contributed by atoms with Crippen LogP contribution in [0.5, 0.6) is 0 Å². The molecule has 0 radical (unpaired) electrons. The Morgan fingerprint density at radius 3 is 2.57 bits per heavy atom. The molecule has 0 atom stereocenters. The number of nitrogens with zero attached hydrogens (tertiary/aromatic N) is 3. The molecule has 5 nitrogen and oxygen atoms in total. The van der Waals surface area contributed by atoms with Gasteiger partial charge in [-0.2, -0.15) is 13.2 Å². The first-order valence-corrected chi connectivity index (χ1v) is 8.64. The van der Waals surface area contributed by atoms with Gasteiger partial charge in [0.2, 0.25) is 0 Å². The molecule has 2 aromatic heterocycles. The number of fused-ring (bicyclic) bond motifs is 1. The molecule has 1 aliphatic rings. The van der Waals surface area contributed by atoms with Crippen LogP contribution in [0.25, 0.3) is 16.8 Å². The third-order valence-corrected chi connectivity index (χ3v) is 4.68. The van der Waals surface area contributed by atoms with Crippen LogP contribution >= 0.6 is 0 Å². The highest BCUT2D eigenvalue weighted by molar-refractivity contribution is 5.79. The molecule has 0 saturated heterocycles. The normalized spacial score (nSPS) is 14.6. The number of alkyl halides is 3. The van der Waals surface area contributed by atoms with Crippen LogP contribution in [0.15, 0.2) is 35.4 Å². The lowest BCUT2D eigenvalue weighted by atomic mass is 10.1. The zero-order valence-electron chi connectivity index (χ0n) is 14.8. The summed E-state index contributed by atoms with van der Waals surface area (Å²) < 4.78 is 55.8. The average Bonchev–Trinajstić information content (AvgIpc) is 3.37. The van der Waals surface area contributed by atoms with E-state index in [2.05, 4.69) is 4.98 Å². The quantitative estimate of drug-likeness (QED) is 0.634. The van der Waals surface area contributed by atoms with Gasteiger partial charge in [-0.1, -0.05) is 0 Å². The van der Waals surface area contributed by atoms with Crippen LogP contribution < -0.4 is 5.56 Å². The van der Waals surface area contributed by atoms with Gasteiger partial charge in [0.1, 0.15) is 28.6 Å². The van der Waals surface area contributed by atoms with Crippen molar-refractivity contribution in [3.63, 3.8) is 0 Å². The summed E-state index contributed by atoms with van der Waals surface area (Å²) in [6.45, 7) is 1.18. The summed E-state index contributed by atoms with van der Waals surface area (Å²) >= 11 is 0. The highest BCUT2D eigenvalue weighted by Crippen LogP contribution is 2.41. The molecule has 0 spiro atoms. The monoisotopic (exact) mass is 393 g/mol. The topological polar surface area (TPSA) is 56.4 Å². The number of ketones is 1. The van der Waals surface area contributed by atoms with E-state index >= 15 is 0 Å². The van der Waals surface area contributed by atoms with Crippen LogP contribution in [0.3, 0.4) is 0 Å². The molecule has 9 heteroatoms. The second-order valence-corrected chi connectivity index (χ2v) is 6.94. The van der Waals surface area contributed by atoms with Gasteiger partial charge >= 0.3 is 6.18 Å². The van der Waals surface area contributed by atoms with Crippen molar-refractivity contribution in [2.45, 2.75) is 38.4 Å². The number of carbonyl (C=O) groups is 1. The standard InChI is InChI=1S/C19H15F4N3O2/c1-10(27)9-25-6-7-26-16(18(25)28)15(24-17(26)11-2-3-11)12-4-5-14(20)13(8-12)19(21,22)23/h4-8,11H,2-3,9H2,1H3. The Labute approximate surface area is 156 Å². The maximum Gasteiger partial charge on any atom is 0.419 e. The van der Waals surface area contributed by atoms with Crippen LogP contribution in [0.4, 0.5) is 17.6 Å². The predicted molar refractivity (Wildman–Crippen MR) is 92.5 cm³/mol. The summed E-state index contributed by atoms with van der Waals surface area (Å²) in [6, 6.07) is 2.55. The van der Waals surface area contributed by atoms with E-state index in [1.54, 1.807) is 10.6 Å². The van der Waals surface area contributed by atoms with Crippen LogP contribution in [-0.4, -0.2) is 19.7 Å². The van der Waals surface area contributed by atoms with Crippen molar-refractivity contribution >= 4 is 11.3 Å². The van der Waals surface area contributed by atoms with E-state index in [9.17, 15) is 27.2 Å². The second kappa shape index (κ2) is 6.29. The smallest absolute Gasteiger partial charge is 0.305 e. The summed E-state index contributed by atoms with van der Waals surface area (Å²) in [7, 11) is 0. The molecule has 3 aromatic rings. The van der Waals surface area contributed by atoms with Crippen LogP contribution in [0.2, 0.25) is 0 Å². The SMILES string of the molecule is CC(=O)Cn1ccn2c(C3CC3)nc(-c3ccc(F)c(C(F)(F)F)c3)c2c1=O. The molecule has 4 rings (SSSR count). The Morgan fingerprint density at radius 1 is 1.25 bits per heavy atom. The molecule has 0 N–H and O–H groups in total. The van der Waals surface area contributed by atoms with Crippen molar-refractivity contribution in [3.05, 3.63) is 58.2 Å². The van der Waals surface area contributed by atoms with Crippen LogP contribution in [0, 0.1) is 5.82 Å². The van der Waals surface area contributed by atoms with E-state index < -0.39 is 23.1 Å². The third kappa shape index (κ3) is 3.10. The van der Waals surface area contributed by atoms with Crippen LogP contribution in [-0.2, 0) is 17.5 Å². The van der Waals surface area contributed by atoms with Gasteiger partial charge in [-0.25, -0.2) is 9.37 Å². The minimum Gasteiger partial charge on any atom is -0.305 e. The maximum atomic E-state index is 13.7. The van der Waals surface area contributed by atoms with Gasteiger partial charge in [0, 0.05) is 23.9 Å². The molecule has 0 bridgehead atoms. The minimum absolute atomic E-state index is 0.00389. The summed E-state index contributed by atoms with van der Waals surface area (Å²) in [4.78, 5) is 28.8. The fraction of sp³-hybridized carbons (Fsp3) is 0.316. The molecule has 0 unspecified atom stereocenters. The number of imidazole rings is 1.